The number of methoxy groups -OCH3 is 3. The van der Waals surface area contributed by atoms with Crippen LogP contribution in [0.25, 0.3) is 0 Å². The average molecular weight is 336 g/mol. The lowest BCUT2D eigenvalue weighted by atomic mass is 9.88. The van der Waals surface area contributed by atoms with E-state index in [0.29, 0.717) is 16.8 Å². The summed E-state index contributed by atoms with van der Waals surface area (Å²) in [5.74, 6) is -0.838. The Morgan fingerprint density at radius 2 is 1.75 bits per heavy atom. The molecule has 0 saturated carbocycles. The molecule has 1 atom stereocenters. The molecule has 130 valence electrons. The zero-order valence-corrected chi connectivity index (χ0v) is 13.9. The third-order valence-electron chi connectivity index (χ3n) is 3.86. The van der Waals surface area contributed by atoms with Crippen LogP contribution in [-0.2, 0) is 9.53 Å². The van der Waals surface area contributed by atoms with Crippen molar-refractivity contribution in [1.82, 2.24) is 10.2 Å². The molecule has 2 rings (SSSR count). The van der Waals surface area contributed by atoms with Crippen molar-refractivity contribution < 1.29 is 24.1 Å². The van der Waals surface area contributed by atoms with Crippen molar-refractivity contribution in [2.75, 3.05) is 21.3 Å². The summed E-state index contributed by atoms with van der Waals surface area (Å²) in [5.41, 5.74) is 1.28. The number of rotatable bonds is 6. The smallest absolute Gasteiger partial charge is 0.306 e. The number of aromatic nitrogens is 2. The maximum atomic E-state index is 12.1. The Labute approximate surface area is 138 Å². The molecule has 0 spiro atoms. The summed E-state index contributed by atoms with van der Waals surface area (Å²) < 4.78 is 15.0. The van der Waals surface area contributed by atoms with Crippen LogP contribution in [-0.4, -0.2) is 42.6 Å². The van der Waals surface area contributed by atoms with E-state index >= 15 is 0 Å². The third-order valence-corrected chi connectivity index (χ3v) is 3.86. The van der Waals surface area contributed by atoms with Crippen molar-refractivity contribution in [1.29, 1.82) is 0 Å². The van der Waals surface area contributed by atoms with Crippen LogP contribution in [0.2, 0.25) is 0 Å². The molecule has 0 aliphatic rings. The molecule has 0 aliphatic carbocycles. The molecule has 1 aromatic heterocycles. The van der Waals surface area contributed by atoms with Gasteiger partial charge in [-0.25, -0.2) is 0 Å². The minimum atomic E-state index is -0.587. The number of carbonyl (C=O) groups excluding carboxylic acids is 1. The predicted octanol–water partition coefficient (Wildman–Crippen LogP) is 1.43. The first-order valence-corrected chi connectivity index (χ1v) is 7.21. The van der Waals surface area contributed by atoms with Crippen LogP contribution in [0.1, 0.15) is 29.2 Å². The Balaban J connectivity index is 2.64. The lowest BCUT2D eigenvalue weighted by Crippen LogP contribution is -2.17. The highest BCUT2D eigenvalue weighted by atomic mass is 16.5. The van der Waals surface area contributed by atoms with Gasteiger partial charge >= 0.3 is 5.97 Å². The van der Waals surface area contributed by atoms with Gasteiger partial charge in [0.1, 0.15) is 0 Å². The molecule has 0 saturated heterocycles. The van der Waals surface area contributed by atoms with Crippen LogP contribution < -0.4 is 15.0 Å². The van der Waals surface area contributed by atoms with Crippen molar-refractivity contribution in [3.8, 4) is 17.2 Å². The molecular formula is C16H20N2O6. The van der Waals surface area contributed by atoms with Crippen LogP contribution in [0.4, 0.5) is 0 Å². The molecule has 3 N–H and O–H groups in total. The summed E-state index contributed by atoms with van der Waals surface area (Å²) in [4.78, 5) is 24.0. The Hall–Kier alpha value is -2.90. The fourth-order valence-corrected chi connectivity index (χ4v) is 2.63. The maximum Gasteiger partial charge on any atom is 0.306 e. The first-order chi connectivity index (χ1) is 11.4. The Bertz CT molecular complexity index is 767. The fourth-order valence-electron chi connectivity index (χ4n) is 2.63. The van der Waals surface area contributed by atoms with Crippen LogP contribution in [0, 0.1) is 6.92 Å². The number of aromatic hydroxyl groups is 1. The van der Waals surface area contributed by atoms with Gasteiger partial charge in [0.05, 0.1) is 27.8 Å². The molecule has 1 heterocycles. The average Bonchev–Trinajstić information content (AvgIpc) is 2.91. The monoisotopic (exact) mass is 336 g/mol. The number of aromatic amines is 2. The van der Waals surface area contributed by atoms with E-state index in [1.54, 1.807) is 19.1 Å². The van der Waals surface area contributed by atoms with Gasteiger partial charge in [-0.2, -0.15) is 0 Å². The van der Waals surface area contributed by atoms with E-state index in [-0.39, 0.29) is 29.2 Å². The SMILES string of the molecule is COC(=O)C[C@@H](c1cc(OC)c(O)c(OC)c1)c1c(C)[nH][nH]c1=O. The first kappa shape index (κ1) is 17.5. The summed E-state index contributed by atoms with van der Waals surface area (Å²) in [7, 11) is 4.09. The van der Waals surface area contributed by atoms with Gasteiger partial charge in [-0.05, 0) is 24.6 Å². The third kappa shape index (κ3) is 3.22. The maximum absolute atomic E-state index is 12.1. The molecule has 0 unspecified atom stereocenters. The van der Waals surface area contributed by atoms with Crippen molar-refractivity contribution >= 4 is 5.97 Å². The van der Waals surface area contributed by atoms with Gasteiger partial charge in [-0.1, -0.05) is 0 Å². The molecular weight excluding hydrogens is 316 g/mol. The lowest BCUT2D eigenvalue weighted by Gasteiger charge is -2.18. The number of esters is 1. The number of benzene rings is 1. The number of ether oxygens (including phenoxy) is 3. The molecule has 0 fully saturated rings. The van der Waals surface area contributed by atoms with Crippen LogP contribution in [0.3, 0.4) is 0 Å². The highest BCUT2D eigenvalue weighted by Crippen LogP contribution is 2.41. The molecule has 8 heteroatoms. The summed E-state index contributed by atoms with van der Waals surface area (Å²) in [6.07, 6.45) is -0.0463. The quantitative estimate of drug-likeness (QED) is 0.688. The zero-order chi connectivity index (χ0) is 17.9. The molecule has 0 bridgehead atoms. The fraction of sp³-hybridized carbons (Fsp3) is 0.375. The number of hydrogen-bond acceptors (Lipinski definition) is 6. The Kier molecular flexibility index (Phi) is 5.18. The van der Waals surface area contributed by atoms with Crippen molar-refractivity contribution in [2.24, 2.45) is 0 Å². The normalized spacial score (nSPS) is 11.8. The summed E-state index contributed by atoms with van der Waals surface area (Å²) in [6.45, 7) is 1.73. The minimum Gasteiger partial charge on any atom is -0.502 e. The van der Waals surface area contributed by atoms with Gasteiger partial charge in [0.2, 0.25) is 5.75 Å². The van der Waals surface area contributed by atoms with E-state index in [2.05, 4.69) is 10.2 Å². The second-order valence-corrected chi connectivity index (χ2v) is 5.22. The highest BCUT2D eigenvalue weighted by Gasteiger charge is 2.26. The van der Waals surface area contributed by atoms with E-state index < -0.39 is 11.9 Å². The van der Waals surface area contributed by atoms with E-state index in [1.807, 2.05) is 0 Å². The number of phenolic OH excluding ortho intramolecular Hbond substituents is 1. The summed E-state index contributed by atoms with van der Waals surface area (Å²) in [5, 5.41) is 15.3. The molecule has 24 heavy (non-hydrogen) atoms. The topological polar surface area (TPSA) is 114 Å². The van der Waals surface area contributed by atoms with Gasteiger partial charge in [-0.3, -0.25) is 14.7 Å². The minimum absolute atomic E-state index is 0.0463. The number of hydrogen-bond donors (Lipinski definition) is 3. The molecule has 0 aliphatic heterocycles. The number of aryl methyl sites for hydroxylation is 1. The molecule has 1 aromatic carbocycles. The Morgan fingerprint density at radius 1 is 1.17 bits per heavy atom. The largest absolute Gasteiger partial charge is 0.502 e. The molecule has 2 aromatic rings. The van der Waals surface area contributed by atoms with E-state index in [4.69, 9.17) is 14.2 Å². The predicted molar refractivity (Wildman–Crippen MR) is 85.8 cm³/mol. The molecule has 0 radical (unpaired) electrons. The first-order valence-electron chi connectivity index (χ1n) is 7.21. The van der Waals surface area contributed by atoms with Gasteiger partial charge in [0.15, 0.2) is 11.5 Å². The van der Waals surface area contributed by atoms with E-state index in [0.717, 1.165) is 0 Å². The summed E-state index contributed by atoms with van der Waals surface area (Å²) in [6, 6.07) is 3.13. The number of carbonyl (C=O) groups is 1. The van der Waals surface area contributed by atoms with Crippen molar-refractivity contribution in [3.63, 3.8) is 0 Å². The van der Waals surface area contributed by atoms with Crippen LogP contribution in [0.15, 0.2) is 16.9 Å². The highest BCUT2D eigenvalue weighted by molar-refractivity contribution is 5.71. The van der Waals surface area contributed by atoms with E-state index in [1.165, 1.54) is 21.3 Å². The van der Waals surface area contributed by atoms with Gasteiger partial charge in [-0.15, -0.1) is 0 Å². The number of nitrogens with one attached hydrogen (secondary N) is 2. The number of phenols is 1. The van der Waals surface area contributed by atoms with Crippen molar-refractivity contribution in [3.05, 3.63) is 39.3 Å². The molecule has 8 nitrogen and oxygen atoms in total. The zero-order valence-electron chi connectivity index (χ0n) is 13.9. The Morgan fingerprint density at radius 3 is 2.17 bits per heavy atom. The second kappa shape index (κ2) is 7.12. The van der Waals surface area contributed by atoms with Crippen molar-refractivity contribution in [2.45, 2.75) is 19.3 Å². The van der Waals surface area contributed by atoms with Crippen LogP contribution >= 0.6 is 0 Å². The lowest BCUT2D eigenvalue weighted by molar-refractivity contribution is -0.140. The van der Waals surface area contributed by atoms with Gasteiger partial charge < -0.3 is 24.4 Å². The number of H-pyrrole nitrogens is 2. The standard InChI is InChI=1S/C16H20N2O6/c1-8-14(16(21)18-17-8)10(7-13(19)24-4)9-5-11(22-2)15(20)12(6-9)23-3/h5-6,10,20H,7H2,1-4H3,(H2,17,18,21)/t10-/m0/s1. The summed E-state index contributed by atoms with van der Waals surface area (Å²) >= 11 is 0. The van der Waals surface area contributed by atoms with Gasteiger partial charge in [0, 0.05) is 17.2 Å². The van der Waals surface area contributed by atoms with E-state index in [9.17, 15) is 14.7 Å². The van der Waals surface area contributed by atoms with Crippen LogP contribution in [0.5, 0.6) is 17.2 Å². The van der Waals surface area contributed by atoms with Gasteiger partial charge in [0.25, 0.3) is 5.56 Å². The molecule has 0 amide bonds. The second-order valence-electron chi connectivity index (χ2n) is 5.22.